The topological polar surface area (TPSA) is 54.9 Å². The van der Waals surface area contributed by atoms with Crippen molar-refractivity contribution < 1.29 is 14.3 Å². The summed E-state index contributed by atoms with van der Waals surface area (Å²) in [6.45, 7) is 5.32. The smallest absolute Gasteiger partial charge is 0.254 e. The number of thiazole rings is 1. The van der Waals surface area contributed by atoms with Crippen molar-refractivity contribution >= 4 is 32.6 Å². The van der Waals surface area contributed by atoms with Crippen LogP contribution in [-0.2, 0) is 6.42 Å². The summed E-state index contributed by atoms with van der Waals surface area (Å²) in [5.74, 6) is 1.38. The number of ether oxygens (including phenoxy) is 2. The van der Waals surface area contributed by atoms with Gasteiger partial charge in [-0.2, -0.15) is 0 Å². The van der Waals surface area contributed by atoms with Gasteiger partial charge in [-0.1, -0.05) is 30.4 Å². The van der Waals surface area contributed by atoms with E-state index in [1.54, 1.807) is 23.5 Å². The minimum atomic E-state index is 0.0375. The van der Waals surface area contributed by atoms with Crippen LogP contribution in [0.5, 0.6) is 11.5 Å². The van der Waals surface area contributed by atoms with Crippen LogP contribution in [-0.4, -0.2) is 48.8 Å². The third-order valence-corrected chi connectivity index (χ3v) is 6.41. The molecule has 0 radical (unpaired) electrons. The molecular weight excluding hydrogens is 374 g/mol. The Kier molecular flexibility index (Phi) is 4.31. The molecule has 2 aliphatic rings. The lowest BCUT2D eigenvalue weighted by molar-refractivity contribution is 0.0746. The predicted octanol–water partition coefficient (Wildman–Crippen LogP) is 3.55. The van der Waals surface area contributed by atoms with Crippen LogP contribution in [0.25, 0.3) is 10.2 Å². The average molecular weight is 395 g/mol. The van der Waals surface area contributed by atoms with Gasteiger partial charge in [-0.25, -0.2) is 4.98 Å². The van der Waals surface area contributed by atoms with Gasteiger partial charge in [0.25, 0.3) is 5.91 Å². The third-order valence-electron chi connectivity index (χ3n) is 5.33. The fraction of sp³-hybridized carbons (Fsp3) is 0.333. The van der Waals surface area contributed by atoms with E-state index in [0.29, 0.717) is 30.2 Å². The van der Waals surface area contributed by atoms with Gasteiger partial charge >= 0.3 is 0 Å². The number of amides is 1. The zero-order valence-electron chi connectivity index (χ0n) is 15.7. The fourth-order valence-electron chi connectivity index (χ4n) is 3.73. The molecule has 0 saturated carbocycles. The van der Waals surface area contributed by atoms with Crippen molar-refractivity contribution in [3.8, 4) is 11.5 Å². The molecule has 6 nitrogen and oxygen atoms in total. The van der Waals surface area contributed by atoms with E-state index in [0.717, 1.165) is 30.2 Å². The lowest BCUT2D eigenvalue weighted by Crippen LogP contribution is -2.48. The standard InChI is InChI=1S/C21H21N3O3S/c1-2-14-4-3-5-18-19(14)22-21(28-18)24-10-8-23(9-11-24)20(25)15-6-7-16-17(12-15)27-13-26-16/h3-7,12H,2,8-11,13H2,1H3. The molecule has 3 aromatic rings. The summed E-state index contributed by atoms with van der Waals surface area (Å²) in [6.07, 6.45) is 0.984. The Labute approximate surface area is 167 Å². The third kappa shape index (κ3) is 2.96. The van der Waals surface area contributed by atoms with Gasteiger partial charge in [-0.3, -0.25) is 4.79 Å². The highest BCUT2D eigenvalue weighted by atomic mass is 32.1. The lowest BCUT2D eigenvalue weighted by atomic mass is 10.1. The summed E-state index contributed by atoms with van der Waals surface area (Å²) < 4.78 is 11.9. The number of aryl methyl sites for hydroxylation is 1. The molecule has 0 aliphatic carbocycles. The zero-order valence-corrected chi connectivity index (χ0v) is 16.5. The SMILES string of the molecule is CCc1cccc2sc(N3CCN(C(=O)c4ccc5c(c4)OCO5)CC3)nc12. The number of carbonyl (C=O) groups excluding carboxylic acids is 1. The molecule has 1 fully saturated rings. The minimum absolute atomic E-state index is 0.0375. The Balaban J connectivity index is 1.29. The highest BCUT2D eigenvalue weighted by molar-refractivity contribution is 7.22. The quantitative estimate of drug-likeness (QED) is 0.679. The molecule has 5 rings (SSSR count). The summed E-state index contributed by atoms with van der Waals surface area (Å²) in [4.78, 5) is 21.9. The van der Waals surface area contributed by atoms with Gasteiger partial charge in [-0.05, 0) is 36.2 Å². The second kappa shape index (κ2) is 6.98. The number of rotatable bonds is 3. The number of piperazine rings is 1. The van der Waals surface area contributed by atoms with Crippen molar-refractivity contribution in [2.75, 3.05) is 37.9 Å². The Bertz CT molecular complexity index is 1040. The second-order valence-corrected chi connectivity index (χ2v) is 7.97. The summed E-state index contributed by atoms with van der Waals surface area (Å²) >= 11 is 1.73. The van der Waals surface area contributed by atoms with Gasteiger partial charge in [0.15, 0.2) is 16.6 Å². The highest BCUT2D eigenvalue weighted by Gasteiger charge is 2.25. The van der Waals surface area contributed by atoms with Crippen molar-refractivity contribution in [2.24, 2.45) is 0 Å². The molecule has 1 aromatic heterocycles. The van der Waals surface area contributed by atoms with Crippen LogP contribution in [0.3, 0.4) is 0 Å². The maximum Gasteiger partial charge on any atom is 0.254 e. The molecule has 0 N–H and O–H groups in total. The van der Waals surface area contributed by atoms with E-state index >= 15 is 0 Å². The molecule has 144 valence electrons. The van der Waals surface area contributed by atoms with Crippen LogP contribution >= 0.6 is 11.3 Å². The first-order chi connectivity index (χ1) is 13.7. The maximum atomic E-state index is 12.9. The molecule has 7 heteroatoms. The fourth-order valence-corrected chi connectivity index (χ4v) is 4.79. The van der Waals surface area contributed by atoms with Crippen LogP contribution in [0.2, 0.25) is 0 Å². The molecule has 0 bridgehead atoms. The van der Waals surface area contributed by atoms with Gasteiger partial charge in [-0.15, -0.1) is 0 Å². The van der Waals surface area contributed by atoms with E-state index in [-0.39, 0.29) is 12.7 Å². The molecule has 0 spiro atoms. The Hall–Kier alpha value is -2.80. The second-order valence-electron chi connectivity index (χ2n) is 6.96. The lowest BCUT2D eigenvalue weighted by Gasteiger charge is -2.34. The summed E-state index contributed by atoms with van der Waals surface area (Å²) in [5.41, 5.74) is 3.05. The van der Waals surface area contributed by atoms with Gasteiger partial charge in [0.2, 0.25) is 6.79 Å². The monoisotopic (exact) mass is 395 g/mol. The molecule has 2 aromatic carbocycles. The number of aromatic nitrogens is 1. The van der Waals surface area contributed by atoms with Crippen LogP contribution in [0.1, 0.15) is 22.8 Å². The largest absolute Gasteiger partial charge is 0.454 e. The van der Waals surface area contributed by atoms with E-state index in [4.69, 9.17) is 14.5 Å². The first-order valence-electron chi connectivity index (χ1n) is 9.55. The molecule has 28 heavy (non-hydrogen) atoms. The first kappa shape index (κ1) is 17.3. The molecule has 0 unspecified atom stereocenters. The Morgan fingerprint density at radius 1 is 1.11 bits per heavy atom. The molecule has 3 heterocycles. The van der Waals surface area contributed by atoms with E-state index in [2.05, 4.69) is 30.0 Å². The molecule has 1 amide bonds. The number of anilines is 1. The Morgan fingerprint density at radius 2 is 1.93 bits per heavy atom. The Morgan fingerprint density at radius 3 is 2.75 bits per heavy atom. The van der Waals surface area contributed by atoms with Crippen molar-refractivity contribution in [2.45, 2.75) is 13.3 Å². The zero-order chi connectivity index (χ0) is 19.1. The normalized spacial score (nSPS) is 16.0. The highest BCUT2D eigenvalue weighted by Crippen LogP contribution is 2.34. The number of hydrogen-bond acceptors (Lipinski definition) is 6. The van der Waals surface area contributed by atoms with Crippen molar-refractivity contribution in [3.63, 3.8) is 0 Å². The van der Waals surface area contributed by atoms with Crippen LogP contribution < -0.4 is 14.4 Å². The predicted molar refractivity (Wildman–Crippen MR) is 110 cm³/mol. The van der Waals surface area contributed by atoms with E-state index < -0.39 is 0 Å². The average Bonchev–Trinajstić information content (AvgIpc) is 3.39. The van der Waals surface area contributed by atoms with E-state index in [1.165, 1.54) is 10.3 Å². The first-order valence-corrected chi connectivity index (χ1v) is 10.4. The summed E-state index contributed by atoms with van der Waals surface area (Å²) in [6, 6.07) is 11.8. The molecular formula is C21H21N3O3S. The summed E-state index contributed by atoms with van der Waals surface area (Å²) in [7, 11) is 0. The molecule has 0 atom stereocenters. The van der Waals surface area contributed by atoms with Crippen LogP contribution in [0.4, 0.5) is 5.13 Å². The minimum Gasteiger partial charge on any atom is -0.454 e. The van der Waals surface area contributed by atoms with E-state index in [9.17, 15) is 4.79 Å². The molecule has 2 aliphatic heterocycles. The van der Waals surface area contributed by atoms with E-state index in [1.807, 2.05) is 11.0 Å². The van der Waals surface area contributed by atoms with Crippen LogP contribution in [0, 0.1) is 0 Å². The number of fused-ring (bicyclic) bond motifs is 2. The van der Waals surface area contributed by atoms with Gasteiger partial charge in [0, 0.05) is 31.7 Å². The molecule has 1 saturated heterocycles. The van der Waals surface area contributed by atoms with Gasteiger partial charge in [0.1, 0.15) is 0 Å². The van der Waals surface area contributed by atoms with Crippen molar-refractivity contribution in [1.29, 1.82) is 0 Å². The maximum absolute atomic E-state index is 12.9. The number of benzene rings is 2. The van der Waals surface area contributed by atoms with Crippen LogP contribution in [0.15, 0.2) is 36.4 Å². The van der Waals surface area contributed by atoms with Crippen molar-refractivity contribution in [3.05, 3.63) is 47.5 Å². The number of nitrogens with zero attached hydrogens (tertiary/aromatic N) is 3. The van der Waals surface area contributed by atoms with Gasteiger partial charge in [0.05, 0.1) is 10.2 Å². The number of carbonyl (C=O) groups is 1. The van der Waals surface area contributed by atoms with Gasteiger partial charge < -0.3 is 19.3 Å². The van der Waals surface area contributed by atoms with Crippen molar-refractivity contribution in [1.82, 2.24) is 9.88 Å². The number of hydrogen-bond donors (Lipinski definition) is 0. The number of para-hydroxylation sites is 1. The summed E-state index contributed by atoms with van der Waals surface area (Å²) in [5, 5.41) is 1.05.